The summed E-state index contributed by atoms with van der Waals surface area (Å²) in [7, 11) is 0. The molecule has 0 unspecified atom stereocenters. The van der Waals surface area contributed by atoms with E-state index in [4.69, 9.17) is 16.3 Å². The van der Waals surface area contributed by atoms with Crippen LogP contribution in [0.4, 0.5) is 10.1 Å². The minimum Gasteiger partial charge on any atom is -0.378 e. The van der Waals surface area contributed by atoms with Gasteiger partial charge in [-0.15, -0.1) is 0 Å². The Morgan fingerprint density at radius 3 is 2.58 bits per heavy atom. The maximum atomic E-state index is 13.7. The van der Waals surface area contributed by atoms with Crippen LogP contribution in [0, 0.1) is 5.82 Å². The number of hydrogen-bond acceptors (Lipinski definition) is 3. The number of morpholine rings is 1. The molecule has 1 fully saturated rings. The third kappa shape index (κ3) is 4.74. The van der Waals surface area contributed by atoms with E-state index >= 15 is 0 Å². The molecule has 2 aromatic carbocycles. The smallest absolute Gasteiger partial charge is 0.255 e. The summed E-state index contributed by atoms with van der Waals surface area (Å²) in [5, 5.41) is 2.85. The molecule has 138 valence electrons. The summed E-state index contributed by atoms with van der Waals surface area (Å²) < 4.78 is 19.1. The van der Waals surface area contributed by atoms with Gasteiger partial charge in [-0.3, -0.25) is 4.79 Å². The van der Waals surface area contributed by atoms with Crippen LogP contribution in [0.15, 0.2) is 42.5 Å². The fourth-order valence-corrected chi connectivity index (χ4v) is 3.24. The Morgan fingerprint density at radius 2 is 1.88 bits per heavy atom. The first-order valence-corrected chi connectivity index (χ1v) is 9.17. The van der Waals surface area contributed by atoms with E-state index in [1.807, 2.05) is 0 Å². The minimum atomic E-state index is -0.603. The van der Waals surface area contributed by atoms with E-state index in [-0.39, 0.29) is 10.6 Å². The molecule has 3 rings (SSSR count). The van der Waals surface area contributed by atoms with Crippen LogP contribution in [0.3, 0.4) is 0 Å². The van der Waals surface area contributed by atoms with Crippen molar-refractivity contribution in [2.45, 2.75) is 12.8 Å². The van der Waals surface area contributed by atoms with E-state index in [0.29, 0.717) is 6.54 Å². The van der Waals surface area contributed by atoms with Crippen molar-refractivity contribution in [3.8, 4) is 0 Å². The number of anilines is 1. The molecule has 1 heterocycles. The second-order valence-corrected chi connectivity index (χ2v) is 6.63. The lowest BCUT2D eigenvalue weighted by Gasteiger charge is -2.28. The number of halogens is 2. The summed E-state index contributed by atoms with van der Waals surface area (Å²) in [5.41, 5.74) is 2.32. The molecule has 0 aromatic heterocycles. The fourth-order valence-electron chi connectivity index (χ4n) is 2.99. The molecular formula is C20H22ClFN2O2. The molecule has 1 N–H and O–H groups in total. The Balaban J connectivity index is 1.45. The number of rotatable bonds is 6. The van der Waals surface area contributed by atoms with Crippen molar-refractivity contribution >= 4 is 23.2 Å². The van der Waals surface area contributed by atoms with Gasteiger partial charge < -0.3 is 15.0 Å². The van der Waals surface area contributed by atoms with Gasteiger partial charge in [0.1, 0.15) is 5.82 Å². The van der Waals surface area contributed by atoms with E-state index in [9.17, 15) is 9.18 Å². The van der Waals surface area contributed by atoms with Gasteiger partial charge in [-0.25, -0.2) is 4.39 Å². The highest BCUT2D eigenvalue weighted by Crippen LogP contribution is 2.19. The van der Waals surface area contributed by atoms with Crippen LogP contribution in [-0.2, 0) is 11.2 Å². The van der Waals surface area contributed by atoms with E-state index in [1.54, 1.807) is 0 Å². The third-order valence-electron chi connectivity index (χ3n) is 4.43. The first-order chi connectivity index (χ1) is 12.6. The standard InChI is InChI=1S/C20H22ClFN2O2/c21-17-4-1-5-18(22)19(17)20(25)23-10-2-3-15-6-8-16(9-7-15)24-11-13-26-14-12-24/h1,4-9H,2-3,10-14H2,(H,23,25). The highest BCUT2D eigenvalue weighted by molar-refractivity contribution is 6.33. The summed E-state index contributed by atoms with van der Waals surface area (Å²) in [4.78, 5) is 14.4. The van der Waals surface area contributed by atoms with Crippen LogP contribution in [-0.4, -0.2) is 38.8 Å². The van der Waals surface area contributed by atoms with E-state index in [1.165, 1.54) is 29.4 Å². The van der Waals surface area contributed by atoms with Gasteiger partial charge in [0.25, 0.3) is 5.91 Å². The lowest BCUT2D eigenvalue weighted by Crippen LogP contribution is -2.36. The number of nitrogens with zero attached hydrogens (tertiary/aromatic N) is 1. The topological polar surface area (TPSA) is 41.6 Å². The minimum absolute atomic E-state index is 0.0935. The molecule has 0 radical (unpaired) electrons. The number of nitrogens with one attached hydrogen (secondary N) is 1. The lowest BCUT2D eigenvalue weighted by molar-refractivity contribution is 0.0949. The first-order valence-electron chi connectivity index (χ1n) is 8.79. The van der Waals surface area contributed by atoms with Crippen LogP contribution < -0.4 is 10.2 Å². The van der Waals surface area contributed by atoms with E-state index in [2.05, 4.69) is 34.5 Å². The molecule has 0 bridgehead atoms. The molecular weight excluding hydrogens is 355 g/mol. The Hall–Kier alpha value is -2.11. The van der Waals surface area contributed by atoms with Crippen LogP contribution in [0.2, 0.25) is 5.02 Å². The quantitative estimate of drug-likeness (QED) is 0.782. The average molecular weight is 377 g/mol. The zero-order valence-corrected chi connectivity index (χ0v) is 15.3. The van der Waals surface area contributed by atoms with Gasteiger partial charge in [0.2, 0.25) is 0 Å². The Bertz CT molecular complexity index is 726. The molecule has 1 saturated heterocycles. The zero-order chi connectivity index (χ0) is 18.4. The number of ether oxygens (including phenoxy) is 1. The zero-order valence-electron chi connectivity index (χ0n) is 14.5. The summed E-state index contributed by atoms with van der Waals surface area (Å²) in [6.45, 7) is 3.85. The third-order valence-corrected chi connectivity index (χ3v) is 4.75. The molecule has 1 aliphatic heterocycles. The predicted molar refractivity (Wildman–Crippen MR) is 102 cm³/mol. The molecule has 1 aliphatic rings. The summed E-state index contributed by atoms with van der Waals surface area (Å²) in [6.07, 6.45) is 1.61. The lowest BCUT2D eigenvalue weighted by atomic mass is 10.1. The number of carbonyl (C=O) groups excluding carboxylic acids is 1. The maximum absolute atomic E-state index is 13.7. The molecule has 2 aromatic rings. The molecule has 0 spiro atoms. The molecule has 0 atom stereocenters. The number of amides is 1. The van der Waals surface area contributed by atoms with Gasteiger partial charge in [0, 0.05) is 25.3 Å². The second-order valence-electron chi connectivity index (χ2n) is 6.22. The van der Waals surface area contributed by atoms with Crippen molar-refractivity contribution in [3.63, 3.8) is 0 Å². The second kappa shape index (κ2) is 9.01. The van der Waals surface area contributed by atoms with Gasteiger partial charge in [0.05, 0.1) is 23.8 Å². The normalized spacial score (nSPS) is 14.3. The molecule has 4 nitrogen and oxygen atoms in total. The van der Waals surface area contributed by atoms with Crippen molar-refractivity contribution < 1.29 is 13.9 Å². The molecule has 0 aliphatic carbocycles. The Kier molecular flexibility index (Phi) is 6.47. The van der Waals surface area contributed by atoms with Crippen LogP contribution in [0.25, 0.3) is 0 Å². The molecule has 1 amide bonds. The highest BCUT2D eigenvalue weighted by Gasteiger charge is 2.15. The maximum Gasteiger partial charge on any atom is 0.255 e. The van der Waals surface area contributed by atoms with Crippen molar-refractivity contribution in [3.05, 3.63) is 64.4 Å². The number of benzene rings is 2. The monoisotopic (exact) mass is 376 g/mol. The molecule has 6 heteroatoms. The van der Waals surface area contributed by atoms with Crippen LogP contribution in [0.5, 0.6) is 0 Å². The van der Waals surface area contributed by atoms with Gasteiger partial charge in [-0.1, -0.05) is 29.8 Å². The molecule has 26 heavy (non-hydrogen) atoms. The van der Waals surface area contributed by atoms with Crippen molar-refractivity contribution in [2.75, 3.05) is 37.7 Å². The number of hydrogen-bond donors (Lipinski definition) is 1. The number of carbonyl (C=O) groups is 1. The van der Waals surface area contributed by atoms with Gasteiger partial charge in [-0.2, -0.15) is 0 Å². The predicted octanol–water partition coefficient (Wildman–Crippen LogP) is 3.68. The van der Waals surface area contributed by atoms with Crippen molar-refractivity contribution in [1.29, 1.82) is 0 Å². The SMILES string of the molecule is O=C(NCCCc1ccc(N2CCOCC2)cc1)c1c(F)cccc1Cl. The molecule has 0 saturated carbocycles. The van der Waals surface area contributed by atoms with Crippen LogP contribution in [0.1, 0.15) is 22.3 Å². The van der Waals surface area contributed by atoms with E-state index in [0.717, 1.165) is 39.1 Å². The van der Waals surface area contributed by atoms with Gasteiger partial charge >= 0.3 is 0 Å². The summed E-state index contributed by atoms with van der Waals surface area (Å²) in [5.74, 6) is -1.08. The summed E-state index contributed by atoms with van der Waals surface area (Å²) >= 11 is 5.90. The van der Waals surface area contributed by atoms with E-state index < -0.39 is 11.7 Å². The van der Waals surface area contributed by atoms with Crippen LogP contribution >= 0.6 is 11.6 Å². The summed E-state index contributed by atoms with van der Waals surface area (Å²) in [6, 6.07) is 12.7. The highest BCUT2D eigenvalue weighted by atomic mass is 35.5. The fraction of sp³-hybridized carbons (Fsp3) is 0.350. The Morgan fingerprint density at radius 1 is 1.15 bits per heavy atom. The average Bonchev–Trinajstić information content (AvgIpc) is 2.66. The van der Waals surface area contributed by atoms with Crippen molar-refractivity contribution in [2.24, 2.45) is 0 Å². The van der Waals surface area contributed by atoms with Gasteiger partial charge in [-0.05, 0) is 42.7 Å². The Labute approximate surface area is 157 Å². The van der Waals surface area contributed by atoms with Crippen molar-refractivity contribution in [1.82, 2.24) is 5.32 Å². The first kappa shape index (κ1) is 18.7. The number of aryl methyl sites for hydroxylation is 1. The largest absolute Gasteiger partial charge is 0.378 e. The van der Waals surface area contributed by atoms with Gasteiger partial charge in [0.15, 0.2) is 0 Å².